The molecule has 3 heteroatoms. The van der Waals surface area contributed by atoms with Crippen molar-refractivity contribution in [3.63, 3.8) is 0 Å². The van der Waals surface area contributed by atoms with Gasteiger partial charge < -0.3 is 5.73 Å². The van der Waals surface area contributed by atoms with Gasteiger partial charge in [0, 0.05) is 25.5 Å². The van der Waals surface area contributed by atoms with Crippen molar-refractivity contribution in [3.05, 3.63) is 30.1 Å². The normalized spacial score (nSPS) is 13.0. The molecule has 0 amide bonds. The second-order valence-electron chi connectivity index (χ2n) is 4.19. The van der Waals surface area contributed by atoms with E-state index < -0.39 is 0 Å². The molecule has 16 heavy (non-hydrogen) atoms. The molecule has 0 aliphatic carbocycles. The van der Waals surface area contributed by atoms with E-state index in [9.17, 15) is 0 Å². The Morgan fingerprint density at radius 2 is 2.00 bits per heavy atom. The quantitative estimate of drug-likeness (QED) is 0.764. The molecule has 1 rings (SSSR count). The number of hydrogen-bond donors (Lipinski definition) is 1. The molecule has 2 N–H and O–H groups in total. The van der Waals surface area contributed by atoms with Crippen LogP contribution in [-0.4, -0.2) is 29.5 Å². The topological polar surface area (TPSA) is 42.1 Å². The summed E-state index contributed by atoms with van der Waals surface area (Å²) in [6.07, 6.45) is 4.86. The predicted molar refractivity (Wildman–Crippen MR) is 68.0 cm³/mol. The molecule has 1 unspecified atom stereocenters. The van der Waals surface area contributed by atoms with Gasteiger partial charge in [-0.1, -0.05) is 20.3 Å². The maximum Gasteiger partial charge on any atom is 0.0271 e. The van der Waals surface area contributed by atoms with Gasteiger partial charge in [-0.2, -0.15) is 0 Å². The summed E-state index contributed by atoms with van der Waals surface area (Å²) < 4.78 is 0. The fourth-order valence-electron chi connectivity index (χ4n) is 1.79. The molecule has 0 aromatic carbocycles. The summed E-state index contributed by atoms with van der Waals surface area (Å²) in [5.41, 5.74) is 7.07. The summed E-state index contributed by atoms with van der Waals surface area (Å²) in [6.45, 7) is 8.34. The minimum absolute atomic E-state index is 0.613. The summed E-state index contributed by atoms with van der Waals surface area (Å²) in [6, 6.07) is 4.15. The van der Waals surface area contributed by atoms with Crippen molar-refractivity contribution in [2.24, 2.45) is 11.7 Å². The van der Waals surface area contributed by atoms with Crippen LogP contribution in [0.1, 0.15) is 25.8 Å². The fourth-order valence-corrected chi connectivity index (χ4v) is 1.79. The lowest BCUT2D eigenvalue weighted by molar-refractivity contribution is 0.232. The van der Waals surface area contributed by atoms with Crippen LogP contribution in [0, 0.1) is 5.92 Å². The lowest BCUT2D eigenvalue weighted by Gasteiger charge is -2.25. The van der Waals surface area contributed by atoms with Crippen molar-refractivity contribution in [2.45, 2.75) is 26.8 Å². The van der Waals surface area contributed by atoms with Gasteiger partial charge in [0.2, 0.25) is 0 Å². The molecule has 1 aromatic heterocycles. The van der Waals surface area contributed by atoms with Crippen molar-refractivity contribution in [2.75, 3.05) is 19.6 Å². The van der Waals surface area contributed by atoms with E-state index in [2.05, 4.69) is 35.9 Å². The highest BCUT2D eigenvalue weighted by atomic mass is 15.1. The molecule has 0 fully saturated rings. The van der Waals surface area contributed by atoms with Crippen LogP contribution >= 0.6 is 0 Å². The Labute approximate surface area is 98.7 Å². The predicted octanol–water partition coefficient (Wildman–Crippen LogP) is 1.89. The van der Waals surface area contributed by atoms with E-state index in [1.807, 2.05) is 12.4 Å². The van der Waals surface area contributed by atoms with Crippen molar-refractivity contribution < 1.29 is 0 Å². The van der Waals surface area contributed by atoms with E-state index >= 15 is 0 Å². The van der Waals surface area contributed by atoms with E-state index in [4.69, 9.17) is 5.73 Å². The highest BCUT2D eigenvalue weighted by Crippen LogP contribution is 2.08. The largest absolute Gasteiger partial charge is 0.330 e. The maximum absolute atomic E-state index is 5.74. The fraction of sp³-hybridized carbons (Fsp3) is 0.615. The summed E-state index contributed by atoms with van der Waals surface area (Å²) in [5.74, 6) is 0.613. The minimum atomic E-state index is 0.613. The monoisotopic (exact) mass is 221 g/mol. The van der Waals surface area contributed by atoms with Crippen molar-refractivity contribution in [3.8, 4) is 0 Å². The van der Waals surface area contributed by atoms with Crippen LogP contribution in [0.15, 0.2) is 24.5 Å². The number of nitrogens with zero attached hydrogens (tertiary/aromatic N) is 2. The number of aromatic nitrogens is 1. The molecule has 0 aliphatic rings. The van der Waals surface area contributed by atoms with E-state index in [1.54, 1.807) is 0 Å². The zero-order valence-electron chi connectivity index (χ0n) is 10.4. The summed E-state index contributed by atoms with van der Waals surface area (Å²) in [7, 11) is 0. The molecular formula is C13H23N3. The van der Waals surface area contributed by atoms with Crippen LogP contribution in [0.5, 0.6) is 0 Å². The molecule has 90 valence electrons. The lowest BCUT2D eigenvalue weighted by atomic mass is 10.1. The number of pyridine rings is 1. The van der Waals surface area contributed by atoms with Crippen LogP contribution in [0.25, 0.3) is 0 Å². The summed E-state index contributed by atoms with van der Waals surface area (Å²) >= 11 is 0. The highest BCUT2D eigenvalue weighted by Gasteiger charge is 2.10. The van der Waals surface area contributed by atoms with Crippen LogP contribution in [-0.2, 0) is 6.54 Å². The van der Waals surface area contributed by atoms with Crippen LogP contribution in [0.2, 0.25) is 0 Å². The molecule has 0 saturated carbocycles. The van der Waals surface area contributed by atoms with Gasteiger partial charge in [0.05, 0.1) is 0 Å². The lowest BCUT2D eigenvalue weighted by Crippen LogP contribution is -2.32. The molecular weight excluding hydrogens is 198 g/mol. The average molecular weight is 221 g/mol. The Kier molecular flexibility index (Phi) is 6.04. The van der Waals surface area contributed by atoms with Gasteiger partial charge in [0.15, 0.2) is 0 Å². The first-order chi connectivity index (χ1) is 7.80. The summed E-state index contributed by atoms with van der Waals surface area (Å²) in [5, 5.41) is 0. The Balaban J connectivity index is 2.49. The van der Waals surface area contributed by atoms with Crippen molar-refractivity contribution in [1.29, 1.82) is 0 Å². The van der Waals surface area contributed by atoms with Crippen LogP contribution < -0.4 is 5.73 Å². The Hall–Kier alpha value is -0.930. The van der Waals surface area contributed by atoms with Crippen LogP contribution in [0.3, 0.4) is 0 Å². The molecule has 0 saturated heterocycles. The molecule has 0 radical (unpaired) electrons. The SMILES string of the molecule is CCC(CN)CN(CC)Cc1ccncc1. The van der Waals surface area contributed by atoms with Crippen molar-refractivity contribution in [1.82, 2.24) is 9.88 Å². The second kappa shape index (κ2) is 7.36. The molecule has 1 atom stereocenters. The van der Waals surface area contributed by atoms with Gasteiger partial charge in [-0.05, 0) is 36.7 Å². The van der Waals surface area contributed by atoms with E-state index in [0.29, 0.717) is 5.92 Å². The van der Waals surface area contributed by atoms with Gasteiger partial charge >= 0.3 is 0 Å². The standard InChI is InChI=1S/C13H23N3/c1-3-12(9-14)10-16(4-2)11-13-5-7-15-8-6-13/h5-8,12H,3-4,9-11,14H2,1-2H3. The Morgan fingerprint density at radius 1 is 1.31 bits per heavy atom. The Bertz CT molecular complexity index is 270. The molecule has 0 bridgehead atoms. The first-order valence-corrected chi connectivity index (χ1v) is 6.11. The number of nitrogens with two attached hydrogens (primary N) is 1. The molecule has 0 aliphatic heterocycles. The molecule has 1 heterocycles. The first-order valence-electron chi connectivity index (χ1n) is 6.11. The maximum atomic E-state index is 5.74. The smallest absolute Gasteiger partial charge is 0.0271 e. The van der Waals surface area contributed by atoms with Crippen LogP contribution in [0.4, 0.5) is 0 Å². The molecule has 1 aromatic rings. The number of rotatable bonds is 7. The molecule has 3 nitrogen and oxygen atoms in total. The van der Waals surface area contributed by atoms with Gasteiger partial charge in [-0.25, -0.2) is 0 Å². The second-order valence-corrected chi connectivity index (χ2v) is 4.19. The minimum Gasteiger partial charge on any atom is -0.330 e. The average Bonchev–Trinajstić information content (AvgIpc) is 2.35. The third-order valence-corrected chi connectivity index (χ3v) is 3.03. The Morgan fingerprint density at radius 3 is 2.50 bits per heavy atom. The molecule has 0 spiro atoms. The first kappa shape index (κ1) is 13.1. The van der Waals surface area contributed by atoms with Gasteiger partial charge in [-0.15, -0.1) is 0 Å². The summed E-state index contributed by atoms with van der Waals surface area (Å²) in [4.78, 5) is 6.47. The van der Waals surface area contributed by atoms with Gasteiger partial charge in [-0.3, -0.25) is 9.88 Å². The van der Waals surface area contributed by atoms with Crippen molar-refractivity contribution >= 4 is 0 Å². The van der Waals surface area contributed by atoms with E-state index in [1.165, 1.54) is 5.56 Å². The number of hydrogen-bond acceptors (Lipinski definition) is 3. The van der Waals surface area contributed by atoms with E-state index in [-0.39, 0.29) is 0 Å². The van der Waals surface area contributed by atoms with Gasteiger partial charge in [0.1, 0.15) is 0 Å². The highest BCUT2D eigenvalue weighted by molar-refractivity contribution is 5.09. The van der Waals surface area contributed by atoms with E-state index in [0.717, 1.165) is 32.6 Å². The zero-order valence-corrected chi connectivity index (χ0v) is 10.4. The zero-order chi connectivity index (χ0) is 11.8. The van der Waals surface area contributed by atoms with Gasteiger partial charge in [0.25, 0.3) is 0 Å². The third kappa shape index (κ3) is 4.29. The third-order valence-electron chi connectivity index (χ3n) is 3.03.